The Morgan fingerprint density at radius 2 is 1.91 bits per heavy atom. The zero-order valence-corrected chi connectivity index (χ0v) is 12.5. The number of furan rings is 1. The average molecular weight is 296 g/mol. The molecule has 4 heteroatoms. The Morgan fingerprint density at radius 3 is 2.68 bits per heavy atom. The van der Waals surface area contributed by atoms with Crippen LogP contribution in [0.3, 0.4) is 0 Å². The van der Waals surface area contributed by atoms with Gasteiger partial charge in [-0.1, -0.05) is 12.1 Å². The molecule has 2 aromatic rings. The number of carbonyl (C=O) groups is 1. The van der Waals surface area contributed by atoms with Gasteiger partial charge in [0.1, 0.15) is 5.76 Å². The monoisotopic (exact) mass is 296 g/mol. The van der Waals surface area contributed by atoms with Gasteiger partial charge >= 0.3 is 0 Å². The second-order valence-electron chi connectivity index (χ2n) is 5.40. The van der Waals surface area contributed by atoms with Crippen molar-refractivity contribution in [3.63, 3.8) is 0 Å². The van der Waals surface area contributed by atoms with Gasteiger partial charge in [-0.25, -0.2) is 0 Å². The summed E-state index contributed by atoms with van der Waals surface area (Å²) in [5.41, 5.74) is 1.96. The van der Waals surface area contributed by atoms with Gasteiger partial charge in [-0.05, 0) is 49.6 Å². The van der Waals surface area contributed by atoms with Gasteiger partial charge in [0.2, 0.25) is 5.91 Å². The van der Waals surface area contributed by atoms with Crippen LogP contribution in [0.4, 0.5) is 11.4 Å². The molecule has 1 amide bonds. The Bertz CT molecular complexity index is 641. The predicted octanol–water partition coefficient (Wildman–Crippen LogP) is 3.92. The Morgan fingerprint density at radius 1 is 1.09 bits per heavy atom. The van der Waals surface area contributed by atoms with E-state index < -0.39 is 0 Å². The quantitative estimate of drug-likeness (QED) is 0.870. The lowest BCUT2D eigenvalue weighted by Gasteiger charge is -2.30. The number of nitrogens with one attached hydrogen (secondary N) is 1. The van der Waals surface area contributed by atoms with Crippen molar-refractivity contribution in [1.29, 1.82) is 0 Å². The predicted molar refractivity (Wildman–Crippen MR) is 88.9 cm³/mol. The van der Waals surface area contributed by atoms with E-state index in [-0.39, 0.29) is 5.91 Å². The molecular formula is C18H20N2O2. The highest BCUT2D eigenvalue weighted by Crippen LogP contribution is 2.28. The second-order valence-corrected chi connectivity index (χ2v) is 5.40. The van der Waals surface area contributed by atoms with E-state index in [1.54, 1.807) is 18.4 Å². The normalized spacial score (nSPS) is 15.2. The minimum atomic E-state index is -0.152. The highest BCUT2D eigenvalue weighted by atomic mass is 16.3. The Labute approximate surface area is 130 Å². The molecule has 1 N–H and O–H groups in total. The van der Waals surface area contributed by atoms with E-state index in [0.717, 1.165) is 24.5 Å². The van der Waals surface area contributed by atoms with Gasteiger partial charge in [-0.15, -0.1) is 0 Å². The maximum absolute atomic E-state index is 12.1. The van der Waals surface area contributed by atoms with E-state index in [1.807, 2.05) is 24.3 Å². The third-order valence-electron chi connectivity index (χ3n) is 3.80. The minimum absolute atomic E-state index is 0.152. The lowest BCUT2D eigenvalue weighted by atomic mass is 10.1. The molecule has 1 aromatic heterocycles. The maximum Gasteiger partial charge on any atom is 0.248 e. The second kappa shape index (κ2) is 6.98. The van der Waals surface area contributed by atoms with Crippen LogP contribution in [0.2, 0.25) is 0 Å². The van der Waals surface area contributed by atoms with Crippen molar-refractivity contribution >= 4 is 23.4 Å². The zero-order chi connectivity index (χ0) is 15.2. The first-order valence-electron chi connectivity index (χ1n) is 7.69. The van der Waals surface area contributed by atoms with Crippen LogP contribution in [0, 0.1) is 0 Å². The van der Waals surface area contributed by atoms with Gasteiger partial charge in [-0.2, -0.15) is 0 Å². The van der Waals surface area contributed by atoms with Crippen LogP contribution in [0.25, 0.3) is 6.08 Å². The van der Waals surface area contributed by atoms with E-state index in [0.29, 0.717) is 5.76 Å². The smallest absolute Gasteiger partial charge is 0.248 e. The summed E-state index contributed by atoms with van der Waals surface area (Å²) in [5.74, 6) is 0.514. The topological polar surface area (TPSA) is 45.5 Å². The molecule has 0 bridgehead atoms. The van der Waals surface area contributed by atoms with Crippen LogP contribution < -0.4 is 10.2 Å². The summed E-state index contributed by atoms with van der Waals surface area (Å²) in [7, 11) is 0. The van der Waals surface area contributed by atoms with Crippen LogP contribution in [0.1, 0.15) is 25.0 Å². The first-order valence-corrected chi connectivity index (χ1v) is 7.69. The number of nitrogens with zero attached hydrogens (tertiary/aromatic N) is 1. The van der Waals surface area contributed by atoms with Gasteiger partial charge in [-0.3, -0.25) is 4.79 Å². The lowest BCUT2D eigenvalue weighted by Crippen LogP contribution is -2.30. The minimum Gasteiger partial charge on any atom is -0.465 e. The van der Waals surface area contributed by atoms with Crippen molar-refractivity contribution in [3.05, 3.63) is 54.5 Å². The Hall–Kier alpha value is -2.49. The van der Waals surface area contributed by atoms with E-state index in [9.17, 15) is 4.79 Å². The Kier molecular flexibility index (Phi) is 4.59. The standard InChI is InChI=1S/C18H20N2O2/c21-18(11-10-15-7-6-14-22-15)19-16-8-2-3-9-17(16)20-12-4-1-5-13-20/h2-3,6-11,14H,1,4-5,12-13H2,(H,19,21)/b11-10+. The van der Waals surface area contributed by atoms with Gasteiger partial charge in [0, 0.05) is 19.2 Å². The molecule has 0 radical (unpaired) electrons. The van der Waals surface area contributed by atoms with Crippen LogP contribution in [-0.2, 0) is 4.79 Å². The Balaban J connectivity index is 1.70. The largest absolute Gasteiger partial charge is 0.465 e. The molecule has 22 heavy (non-hydrogen) atoms. The van der Waals surface area contributed by atoms with Crippen LogP contribution >= 0.6 is 0 Å². The van der Waals surface area contributed by atoms with E-state index in [1.165, 1.54) is 25.3 Å². The summed E-state index contributed by atoms with van der Waals surface area (Å²) in [6.07, 6.45) is 8.45. The van der Waals surface area contributed by atoms with Crippen molar-refractivity contribution in [2.45, 2.75) is 19.3 Å². The van der Waals surface area contributed by atoms with Crippen molar-refractivity contribution in [1.82, 2.24) is 0 Å². The highest BCUT2D eigenvalue weighted by Gasteiger charge is 2.14. The fourth-order valence-electron chi connectivity index (χ4n) is 2.71. The molecule has 1 aliphatic heterocycles. The van der Waals surface area contributed by atoms with Crippen molar-refractivity contribution in [3.8, 4) is 0 Å². The van der Waals surface area contributed by atoms with Crippen LogP contribution in [-0.4, -0.2) is 19.0 Å². The molecule has 4 nitrogen and oxygen atoms in total. The van der Waals surface area contributed by atoms with Crippen LogP contribution in [0.5, 0.6) is 0 Å². The molecule has 0 saturated carbocycles. The van der Waals surface area contributed by atoms with Crippen molar-refractivity contribution in [2.24, 2.45) is 0 Å². The molecule has 1 aromatic carbocycles. The molecule has 2 heterocycles. The average Bonchev–Trinajstić information content (AvgIpc) is 3.08. The molecule has 0 spiro atoms. The van der Waals surface area contributed by atoms with Crippen molar-refractivity contribution in [2.75, 3.05) is 23.3 Å². The van der Waals surface area contributed by atoms with Gasteiger partial charge < -0.3 is 14.6 Å². The molecular weight excluding hydrogens is 276 g/mol. The number of amides is 1. The number of piperidine rings is 1. The molecule has 3 rings (SSSR count). The summed E-state index contributed by atoms with van der Waals surface area (Å²) in [5, 5.41) is 2.96. The number of hydrogen-bond donors (Lipinski definition) is 1. The first-order chi connectivity index (χ1) is 10.8. The zero-order valence-electron chi connectivity index (χ0n) is 12.5. The van der Waals surface area contributed by atoms with Crippen molar-refractivity contribution < 1.29 is 9.21 Å². The van der Waals surface area contributed by atoms with Gasteiger partial charge in [0.15, 0.2) is 0 Å². The van der Waals surface area contributed by atoms with Crippen LogP contribution in [0.15, 0.2) is 53.2 Å². The van der Waals surface area contributed by atoms with E-state index in [4.69, 9.17) is 4.42 Å². The fourth-order valence-corrected chi connectivity index (χ4v) is 2.71. The van der Waals surface area contributed by atoms with E-state index >= 15 is 0 Å². The highest BCUT2D eigenvalue weighted by molar-refractivity contribution is 6.03. The molecule has 1 fully saturated rings. The summed E-state index contributed by atoms with van der Waals surface area (Å²) >= 11 is 0. The summed E-state index contributed by atoms with van der Waals surface area (Å²) in [4.78, 5) is 14.4. The fraction of sp³-hybridized carbons (Fsp3) is 0.278. The molecule has 0 atom stereocenters. The molecule has 0 aliphatic carbocycles. The third-order valence-corrected chi connectivity index (χ3v) is 3.80. The van der Waals surface area contributed by atoms with Gasteiger partial charge in [0.25, 0.3) is 0 Å². The molecule has 1 saturated heterocycles. The first kappa shape index (κ1) is 14.4. The molecule has 1 aliphatic rings. The number of benzene rings is 1. The van der Waals surface area contributed by atoms with Gasteiger partial charge in [0.05, 0.1) is 17.6 Å². The molecule has 0 unspecified atom stereocenters. The SMILES string of the molecule is O=C(/C=C/c1ccco1)Nc1ccccc1N1CCCCC1. The number of carbonyl (C=O) groups excluding carboxylic acids is 1. The number of hydrogen-bond acceptors (Lipinski definition) is 3. The third kappa shape index (κ3) is 3.58. The summed E-state index contributed by atoms with van der Waals surface area (Å²) in [6.45, 7) is 2.10. The summed E-state index contributed by atoms with van der Waals surface area (Å²) < 4.78 is 5.18. The number of para-hydroxylation sites is 2. The molecule has 114 valence electrons. The lowest BCUT2D eigenvalue weighted by molar-refractivity contribution is -0.111. The van der Waals surface area contributed by atoms with E-state index in [2.05, 4.69) is 16.3 Å². The maximum atomic E-state index is 12.1. The summed E-state index contributed by atoms with van der Waals surface area (Å²) in [6, 6.07) is 11.6. The number of anilines is 2. The number of rotatable bonds is 4.